The van der Waals surface area contributed by atoms with Gasteiger partial charge in [0.25, 0.3) is 0 Å². The van der Waals surface area contributed by atoms with Crippen molar-refractivity contribution in [3.05, 3.63) is 65.5 Å². The van der Waals surface area contributed by atoms with Crippen molar-refractivity contribution < 1.29 is 27.3 Å². The van der Waals surface area contributed by atoms with Gasteiger partial charge in [0.1, 0.15) is 0 Å². The van der Waals surface area contributed by atoms with Crippen LogP contribution in [0.3, 0.4) is 0 Å². The molecule has 10 heteroatoms. The minimum atomic E-state index is -4.48. The topological polar surface area (TPSA) is 111 Å². The number of hydrogen-bond acceptors (Lipinski definition) is 5. The maximum atomic E-state index is 12.8. The first-order valence-corrected chi connectivity index (χ1v) is 8.42. The summed E-state index contributed by atoms with van der Waals surface area (Å²) in [5.74, 6) is -0.781. The van der Waals surface area contributed by atoms with Crippen molar-refractivity contribution in [2.24, 2.45) is 5.73 Å². The van der Waals surface area contributed by atoms with E-state index in [-0.39, 0.29) is 36.0 Å². The van der Waals surface area contributed by atoms with Crippen molar-refractivity contribution in [1.82, 2.24) is 10.1 Å². The number of nitrogens with two attached hydrogens (primary N) is 1. The monoisotopic (exact) mass is 404 g/mol. The molecule has 0 bridgehead atoms. The lowest BCUT2D eigenvalue weighted by Crippen LogP contribution is -2.13. The van der Waals surface area contributed by atoms with Crippen LogP contribution in [-0.4, -0.2) is 22.0 Å². The molecule has 0 saturated carbocycles. The number of amides is 2. The van der Waals surface area contributed by atoms with Crippen LogP contribution in [0.4, 0.5) is 18.9 Å². The number of aromatic nitrogens is 2. The number of hydrogen-bond donors (Lipinski definition) is 2. The van der Waals surface area contributed by atoms with Crippen LogP contribution in [0.1, 0.15) is 28.2 Å². The van der Waals surface area contributed by atoms with Gasteiger partial charge in [0.05, 0.1) is 5.56 Å². The summed E-state index contributed by atoms with van der Waals surface area (Å²) in [6.07, 6.45) is -4.35. The molecule has 0 aliphatic rings. The molecular formula is C19H15F3N4O3. The lowest BCUT2D eigenvalue weighted by Gasteiger charge is -2.06. The second-order valence-electron chi connectivity index (χ2n) is 6.08. The number of benzene rings is 2. The molecular weight excluding hydrogens is 389 g/mol. The molecule has 150 valence electrons. The second kappa shape index (κ2) is 8.13. The highest BCUT2D eigenvalue weighted by molar-refractivity contribution is 5.94. The van der Waals surface area contributed by atoms with Gasteiger partial charge in [-0.05, 0) is 36.4 Å². The molecule has 1 aromatic heterocycles. The quantitative estimate of drug-likeness (QED) is 0.654. The average Bonchev–Trinajstić information content (AvgIpc) is 3.15. The van der Waals surface area contributed by atoms with Crippen molar-refractivity contribution >= 4 is 17.5 Å². The van der Waals surface area contributed by atoms with Crippen molar-refractivity contribution in [1.29, 1.82) is 0 Å². The van der Waals surface area contributed by atoms with Crippen LogP contribution >= 0.6 is 0 Å². The largest absolute Gasteiger partial charge is 0.416 e. The molecule has 0 fully saturated rings. The van der Waals surface area contributed by atoms with E-state index in [0.717, 1.165) is 12.1 Å². The molecule has 0 aliphatic heterocycles. The first-order valence-electron chi connectivity index (χ1n) is 8.42. The number of carbonyl (C=O) groups excluding carboxylic acids is 2. The predicted octanol–water partition coefficient (Wildman–Crippen LogP) is 3.43. The fourth-order valence-electron chi connectivity index (χ4n) is 2.47. The van der Waals surface area contributed by atoms with Crippen LogP contribution in [0, 0.1) is 0 Å². The number of carbonyl (C=O) groups is 2. The summed E-state index contributed by atoms with van der Waals surface area (Å²) >= 11 is 0. The number of nitrogens with zero attached hydrogens (tertiary/aromatic N) is 2. The zero-order chi connectivity index (χ0) is 21.0. The molecule has 29 heavy (non-hydrogen) atoms. The van der Waals surface area contributed by atoms with E-state index in [9.17, 15) is 22.8 Å². The number of rotatable bonds is 6. The van der Waals surface area contributed by atoms with Crippen molar-refractivity contribution in [3.63, 3.8) is 0 Å². The molecule has 1 heterocycles. The molecule has 0 saturated heterocycles. The Morgan fingerprint density at radius 1 is 1.10 bits per heavy atom. The van der Waals surface area contributed by atoms with Crippen molar-refractivity contribution in [2.45, 2.75) is 19.0 Å². The summed E-state index contributed by atoms with van der Waals surface area (Å²) in [4.78, 5) is 27.1. The third-order valence-corrected chi connectivity index (χ3v) is 3.94. The third kappa shape index (κ3) is 5.18. The first-order chi connectivity index (χ1) is 13.7. The van der Waals surface area contributed by atoms with Crippen molar-refractivity contribution in [2.75, 3.05) is 5.32 Å². The van der Waals surface area contributed by atoms with Crippen LogP contribution in [0.5, 0.6) is 0 Å². The number of nitrogens with one attached hydrogen (secondary N) is 1. The van der Waals surface area contributed by atoms with Crippen LogP contribution in [0.2, 0.25) is 0 Å². The van der Waals surface area contributed by atoms with Gasteiger partial charge in [-0.25, -0.2) is 0 Å². The van der Waals surface area contributed by atoms with Gasteiger partial charge in [-0.3, -0.25) is 9.59 Å². The summed E-state index contributed by atoms with van der Waals surface area (Å²) in [5, 5.41) is 6.30. The highest BCUT2D eigenvalue weighted by Crippen LogP contribution is 2.31. The van der Waals surface area contributed by atoms with Gasteiger partial charge in [0.15, 0.2) is 0 Å². The summed E-state index contributed by atoms with van der Waals surface area (Å²) in [5.41, 5.74) is 5.29. The lowest BCUT2D eigenvalue weighted by molar-refractivity contribution is -0.137. The highest BCUT2D eigenvalue weighted by atomic mass is 19.4. The lowest BCUT2D eigenvalue weighted by atomic mass is 10.1. The highest BCUT2D eigenvalue weighted by Gasteiger charge is 2.30. The maximum absolute atomic E-state index is 12.8. The second-order valence-corrected chi connectivity index (χ2v) is 6.08. The summed E-state index contributed by atoms with van der Waals surface area (Å²) in [7, 11) is 0. The van der Waals surface area contributed by atoms with E-state index in [1.54, 1.807) is 0 Å². The standard InChI is InChI=1S/C19H15F3N4O3/c20-19(21,22)13-3-1-2-12(10-13)18-25-16(29-26-18)9-8-15(27)24-14-6-4-11(5-7-14)17(23)28/h1-7,10H,8-9H2,(H2,23,28)(H,24,27). The van der Waals surface area contributed by atoms with Gasteiger partial charge in [-0.1, -0.05) is 17.3 Å². The smallest absolute Gasteiger partial charge is 0.366 e. The number of primary amides is 1. The maximum Gasteiger partial charge on any atom is 0.416 e. The number of halogens is 3. The van der Waals surface area contributed by atoms with Gasteiger partial charge in [-0.15, -0.1) is 0 Å². The third-order valence-electron chi connectivity index (χ3n) is 3.94. The molecule has 7 nitrogen and oxygen atoms in total. The molecule has 0 unspecified atom stereocenters. The van der Waals surface area contributed by atoms with E-state index in [1.807, 2.05) is 0 Å². The Labute approximate surface area is 162 Å². The summed E-state index contributed by atoms with van der Waals surface area (Å²) < 4.78 is 43.4. The van der Waals surface area contributed by atoms with E-state index in [4.69, 9.17) is 10.3 Å². The van der Waals surface area contributed by atoms with E-state index < -0.39 is 17.6 Å². The zero-order valence-corrected chi connectivity index (χ0v) is 14.9. The molecule has 0 spiro atoms. The Bertz CT molecular complexity index is 1030. The van der Waals surface area contributed by atoms with Crippen LogP contribution in [-0.2, 0) is 17.4 Å². The van der Waals surface area contributed by atoms with Gasteiger partial charge in [0, 0.05) is 29.7 Å². The Kier molecular flexibility index (Phi) is 5.62. The average molecular weight is 404 g/mol. The molecule has 3 N–H and O–H groups in total. The van der Waals surface area contributed by atoms with Crippen molar-refractivity contribution in [3.8, 4) is 11.4 Å². The molecule has 0 atom stereocenters. The van der Waals surface area contributed by atoms with Gasteiger partial charge >= 0.3 is 6.18 Å². The fraction of sp³-hybridized carbons (Fsp3) is 0.158. The number of alkyl halides is 3. The number of aryl methyl sites for hydroxylation is 1. The van der Waals surface area contributed by atoms with Gasteiger partial charge < -0.3 is 15.6 Å². The Hall–Kier alpha value is -3.69. The Morgan fingerprint density at radius 3 is 2.48 bits per heavy atom. The molecule has 2 aromatic carbocycles. The Balaban J connectivity index is 1.59. The molecule has 0 aliphatic carbocycles. The number of anilines is 1. The zero-order valence-electron chi connectivity index (χ0n) is 14.9. The fourth-order valence-corrected chi connectivity index (χ4v) is 2.47. The minimum Gasteiger partial charge on any atom is -0.366 e. The molecule has 0 radical (unpaired) electrons. The van der Waals surface area contributed by atoms with E-state index in [0.29, 0.717) is 11.3 Å². The van der Waals surface area contributed by atoms with Crippen LogP contribution < -0.4 is 11.1 Å². The SMILES string of the molecule is NC(=O)c1ccc(NC(=O)CCc2nc(-c3cccc(C(F)(F)F)c3)no2)cc1. The summed E-state index contributed by atoms with van der Waals surface area (Å²) in [6.45, 7) is 0. The molecule has 2 amide bonds. The normalized spacial score (nSPS) is 11.3. The minimum absolute atomic E-state index is 0.00792. The van der Waals surface area contributed by atoms with E-state index >= 15 is 0 Å². The Morgan fingerprint density at radius 2 is 1.83 bits per heavy atom. The van der Waals surface area contributed by atoms with Gasteiger partial charge in [0.2, 0.25) is 23.5 Å². The molecule has 3 rings (SSSR count). The van der Waals surface area contributed by atoms with E-state index in [1.165, 1.54) is 36.4 Å². The summed E-state index contributed by atoms with van der Waals surface area (Å²) in [6, 6.07) is 10.6. The first kappa shape index (κ1) is 20.1. The van der Waals surface area contributed by atoms with E-state index in [2.05, 4.69) is 15.5 Å². The van der Waals surface area contributed by atoms with Crippen LogP contribution in [0.25, 0.3) is 11.4 Å². The molecule has 3 aromatic rings. The predicted molar refractivity (Wildman–Crippen MR) is 96.6 cm³/mol. The van der Waals surface area contributed by atoms with Gasteiger partial charge in [-0.2, -0.15) is 18.2 Å². The van der Waals surface area contributed by atoms with Crippen LogP contribution in [0.15, 0.2) is 53.1 Å².